The Labute approximate surface area is 174 Å². The first-order valence-electron chi connectivity index (χ1n) is 11.3. The number of anilines is 2. The second kappa shape index (κ2) is 11.2. The first kappa shape index (κ1) is 21.6. The SMILES string of the molecule is CCCCCCC(=O)Nc1ccc(N2CCCC2)c(C(=O)NC[C@@H]2CCCO2)c1. The van der Waals surface area contributed by atoms with Gasteiger partial charge in [-0.2, -0.15) is 0 Å². The number of carbonyl (C=O) groups excluding carboxylic acids is 2. The van der Waals surface area contributed by atoms with Crippen LogP contribution in [0.3, 0.4) is 0 Å². The molecule has 2 aliphatic rings. The molecule has 6 nitrogen and oxygen atoms in total. The van der Waals surface area contributed by atoms with Gasteiger partial charge in [-0.15, -0.1) is 0 Å². The number of hydrogen-bond acceptors (Lipinski definition) is 4. The number of unbranched alkanes of at least 4 members (excludes halogenated alkanes) is 3. The smallest absolute Gasteiger partial charge is 0.253 e. The maximum absolute atomic E-state index is 13.0. The Morgan fingerprint density at radius 2 is 1.97 bits per heavy atom. The van der Waals surface area contributed by atoms with Gasteiger partial charge >= 0.3 is 0 Å². The summed E-state index contributed by atoms with van der Waals surface area (Å²) in [5, 5.41) is 6.00. The van der Waals surface area contributed by atoms with E-state index in [0.717, 1.165) is 76.8 Å². The van der Waals surface area contributed by atoms with E-state index in [4.69, 9.17) is 4.74 Å². The van der Waals surface area contributed by atoms with Crippen molar-refractivity contribution < 1.29 is 14.3 Å². The van der Waals surface area contributed by atoms with Gasteiger partial charge in [0.1, 0.15) is 0 Å². The van der Waals surface area contributed by atoms with Gasteiger partial charge in [-0.1, -0.05) is 26.2 Å². The molecule has 2 saturated heterocycles. The number of hydrogen-bond donors (Lipinski definition) is 2. The van der Waals surface area contributed by atoms with E-state index in [0.29, 0.717) is 24.2 Å². The van der Waals surface area contributed by atoms with E-state index in [-0.39, 0.29) is 17.9 Å². The lowest BCUT2D eigenvalue weighted by Gasteiger charge is -2.22. The molecule has 2 heterocycles. The van der Waals surface area contributed by atoms with Gasteiger partial charge in [0.15, 0.2) is 0 Å². The van der Waals surface area contributed by atoms with Crippen LogP contribution in [0.25, 0.3) is 0 Å². The number of benzene rings is 1. The van der Waals surface area contributed by atoms with E-state index < -0.39 is 0 Å². The molecular formula is C23H35N3O3. The molecule has 29 heavy (non-hydrogen) atoms. The van der Waals surface area contributed by atoms with Gasteiger partial charge in [-0.3, -0.25) is 9.59 Å². The number of ether oxygens (including phenoxy) is 1. The van der Waals surface area contributed by atoms with Crippen molar-refractivity contribution in [2.24, 2.45) is 0 Å². The third kappa shape index (κ3) is 6.46. The van der Waals surface area contributed by atoms with Crippen LogP contribution in [-0.4, -0.2) is 44.2 Å². The van der Waals surface area contributed by atoms with E-state index in [9.17, 15) is 9.59 Å². The van der Waals surface area contributed by atoms with E-state index >= 15 is 0 Å². The zero-order chi connectivity index (χ0) is 20.5. The van der Waals surface area contributed by atoms with Crippen molar-refractivity contribution in [3.63, 3.8) is 0 Å². The van der Waals surface area contributed by atoms with Crippen molar-refractivity contribution in [1.29, 1.82) is 0 Å². The summed E-state index contributed by atoms with van der Waals surface area (Å²) in [5.74, 6) is -0.0813. The number of nitrogens with one attached hydrogen (secondary N) is 2. The predicted octanol–water partition coefficient (Wildman–Crippen LogP) is 4.10. The molecule has 2 amide bonds. The standard InChI is InChI=1S/C23H35N3O3/c1-2-3-4-5-10-22(27)25-18-11-12-21(26-13-6-7-14-26)20(16-18)23(28)24-17-19-9-8-15-29-19/h11-12,16,19H,2-10,13-15,17H2,1H3,(H,24,28)(H,25,27)/t19-/m0/s1. The number of nitrogens with zero attached hydrogens (tertiary/aromatic N) is 1. The fourth-order valence-corrected chi connectivity index (χ4v) is 4.07. The van der Waals surface area contributed by atoms with Crippen LogP contribution in [-0.2, 0) is 9.53 Å². The minimum absolute atomic E-state index is 0.0146. The predicted molar refractivity (Wildman–Crippen MR) is 117 cm³/mol. The van der Waals surface area contributed by atoms with Crippen LogP contribution in [0.15, 0.2) is 18.2 Å². The van der Waals surface area contributed by atoms with Crippen LogP contribution in [0.4, 0.5) is 11.4 Å². The van der Waals surface area contributed by atoms with Gasteiger partial charge in [0, 0.05) is 44.0 Å². The molecule has 0 radical (unpaired) electrons. The lowest BCUT2D eigenvalue weighted by Crippen LogP contribution is -2.33. The monoisotopic (exact) mass is 401 g/mol. The summed E-state index contributed by atoms with van der Waals surface area (Å²) in [6.07, 6.45) is 9.27. The maximum atomic E-state index is 13.0. The molecule has 1 atom stereocenters. The minimum atomic E-state index is -0.0959. The lowest BCUT2D eigenvalue weighted by atomic mass is 10.1. The van der Waals surface area contributed by atoms with Crippen molar-refractivity contribution in [1.82, 2.24) is 5.32 Å². The highest BCUT2D eigenvalue weighted by atomic mass is 16.5. The van der Waals surface area contributed by atoms with Crippen LogP contribution >= 0.6 is 0 Å². The molecule has 0 aromatic heterocycles. The highest BCUT2D eigenvalue weighted by molar-refractivity contribution is 6.02. The zero-order valence-electron chi connectivity index (χ0n) is 17.7. The molecule has 0 aliphatic carbocycles. The second-order valence-corrected chi connectivity index (χ2v) is 8.13. The minimum Gasteiger partial charge on any atom is -0.376 e. The van der Waals surface area contributed by atoms with Crippen molar-refractivity contribution in [2.45, 2.75) is 70.8 Å². The first-order valence-corrected chi connectivity index (χ1v) is 11.3. The van der Waals surface area contributed by atoms with Crippen LogP contribution in [0, 0.1) is 0 Å². The van der Waals surface area contributed by atoms with E-state index in [2.05, 4.69) is 22.5 Å². The molecule has 6 heteroatoms. The van der Waals surface area contributed by atoms with Gasteiger partial charge < -0.3 is 20.3 Å². The first-order chi connectivity index (χ1) is 14.2. The molecule has 2 N–H and O–H groups in total. The highest BCUT2D eigenvalue weighted by Gasteiger charge is 2.22. The Morgan fingerprint density at radius 1 is 1.14 bits per heavy atom. The number of amides is 2. The summed E-state index contributed by atoms with van der Waals surface area (Å²) >= 11 is 0. The fourth-order valence-electron chi connectivity index (χ4n) is 4.07. The van der Waals surface area contributed by atoms with Crippen LogP contribution < -0.4 is 15.5 Å². The molecule has 0 bridgehead atoms. The van der Waals surface area contributed by atoms with Gasteiger partial charge in [-0.25, -0.2) is 0 Å². The molecular weight excluding hydrogens is 366 g/mol. The molecule has 0 unspecified atom stereocenters. The summed E-state index contributed by atoms with van der Waals surface area (Å²) in [4.78, 5) is 27.5. The molecule has 0 spiro atoms. The number of carbonyl (C=O) groups is 2. The highest BCUT2D eigenvalue weighted by Crippen LogP contribution is 2.28. The molecule has 1 aromatic rings. The Balaban J connectivity index is 1.66. The fraction of sp³-hybridized carbons (Fsp3) is 0.652. The molecule has 1 aromatic carbocycles. The Hall–Kier alpha value is -2.08. The largest absolute Gasteiger partial charge is 0.376 e. The lowest BCUT2D eigenvalue weighted by molar-refractivity contribution is -0.116. The topological polar surface area (TPSA) is 70.7 Å². The second-order valence-electron chi connectivity index (χ2n) is 8.13. The molecule has 160 valence electrons. The average molecular weight is 402 g/mol. The zero-order valence-corrected chi connectivity index (χ0v) is 17.7. The summed E-state index contributed by atoms with van der Waals surface area (Å²) in [6.45, 7) is 5.41. The quantitative estimate of drug-likeness (QED) is 0.579. The van der Waals surface area contributed by atoms with Crippen molar-refractivity contribution in [3.05, 3.63) is 23.8 Å². The third-order valence-corrected chi connectivity index (χ3v) is 5.74. The Kier molecular flexibility index (Phi) is 8.35. The van der Waals surface area contributed by atoms with E-state index in [1.165, 1.54) is 0 Å². The molecule has 3 rings (SSSR count). The Morgan fingerprint density at radius 3 is 2.69 bits per heavy atom. The van der Waals surface area contributed by atoms with E-state index in [1.54, 1.807) is 0 Å². The van der Waals surface area contributed by atoms with Gasteiger partial charge in [0.05, 0.1) is 11.7 Å². The van der Waals surface area contributed by atoms with Gasteiger partial charge in [0.25, 0.3) is 5.91 Å². The van der Waals surface area contributed by atoms with E-state index in [1.807, 2.05) is 18.2 Å². The molecule has 2 fully saturated rings. The van der Waals surface area contributed by atoms with Gasteiger partial charge in [-0.05, 0) is 50.3 Å². The van der Waals surface area contributed by atoms with Crippen LogP contribution in [0.2, 0.25) is 0 Å². The normalized spacial score (nSPS) is 18.8. The summed E-state index contributed by atoms with van der Waals surface area (Å²) in [6, 6.07) is 5.70. The summed E-state index contributed by atoms with van der Waals surface area (Å²) in [7, 11) is 0. The number of rotatable bonds is 10. The molecule has 0 saturated carbocycles. The van der Waals surface area contributed by atoms with Crippen molar-refractivity contribution in [2.75, 3.05) is 36.5 Å². The Bertz CT molecular complexity index is 680. The van der Waals surface area contributed by atoms with Crippen LogP contribution in [0.5, 0.6) is 0 Å². The average Bonchev–Trinajstić information content (AvgIpc) is 3.43. The summed E-state index contributed by atoms with van der Waals surface area (Å²) in [5.41, 5.74) is 2.28. The van der Waals surface area contributed by atoms with Crippen LogP contribution in [0.1, 0.15) is 75.1 Å². The van der Waals surface area contributed by atoms with Gasteiger partial charge in [0.2, 0.25) is 5.91 Å². The maximum Gasteiger partial charge on any atom is 0.253 e. The molecule has 2 aliphatic heterocycles. The summed E-state index contributed by atoms with van der Waals surface area (Å²) < 4.78 is 5.62. The third-order valence-electron chi connectivity index (χ3n) is 5.74. The van der Waals surface area contributed by atoms with Crippen molar-refractivity contribution >= 4 is 23.2 Å². The van der Waals surface area contributed by atoms with Crippen molar-refractivity contribution in [3.8, 4) is 0 Å².